The van der Waals surface area contributed by atoms with Gasteiger partial charge < -0.3 is 10.2 Å². The maximum Gasteiger partial charge on any atom is 0.0516 e. The Morgan fingerprint density at radius 1 is 1.25 bits per heavy atom. The maximum atomic E-state index is 3.86. The molecule has 1 saturated heterocycles. The summed E-state index contributed by atoms with van der Waals surface area (Å²) in [6, 6.07) is 7.17. The summed E-state index contributed by atoms with van der Waals surface area (Å²) in [6.45, 7) is 6.75. The summed E-state index contributed by atoms with van der Waals surface area (Å²) < 4.78 is 1.26. The van der Waals surface area contributed by atoms with E-state index in [9.17, 15) is 0 Å². The van der Waals surface area contributed by atoms with Crippen molar-refractivity contribution in [3.63, 3.8) is 0 Å². The summed E-state index contributed by atoms with van der Waals surface area (Å²) in [4.78, 5) is 2.61. The number of hydrogen-bond acceptors (Lipinski definition) is 2. The van der Waals surface area contributed by atoms with Gasteiger partial charge in [0.1, 0.15) is 0 Å². The maximum absolute atomic E-state index is 3.86. The van der Waals surface area contributed by atoms with Crippen LogP contribution in [0.3, 0.4) is 0 Å². The number of benzene rings is 1. The van der Waals surface area contributed by atoms with Crippen molar-refractivity contribution in [2.45, 2.75) is 57.5 Å². The molecule has 1 aromatic carbocycles. The first kappa shape index (κ1) is 14.4. The molecule has 1 spiro atoms. The van der Waals surface area contributed by atoms with Crippen LogP contribution in [0.2, 0.25) is 0 Å². The summed E-state index contributed by atoms with van der Waals surface area (Å²) in [7, 11) is 0. The van der Waals surface area contributed by atoms with Crippen LogP contribution in [0.5, 0.6) is 0 Å². The van der Waals surface area contributed by atoms with E-state index in [0.29, 0.717) is 11.6 Å². The molecule has 2 aliphatic rings. The zero-order valence-corrected chi connectivity index (χ0v) is 14.2. The van der Waals surface area contributed by atoms with Gasteiger partial charge in [-0.2, -0.15) is 0 Å². The van der Waals surface area contributed by atoms with Crippen molar-refractivity contribution in [1.82, 2.24) is 5.32 Å². The fraction of sp³-hybridized carbons (Fsp3) is 0.647. The molecule has 1 aromatic rings. The summed E-state index contributed by atoms with van der Waals surface area (Å²) in [6.07, 6.45) is 6.83. The second kappa shape index (κ2) is 5.69. The molecule has 1 aliphatic heterocycles. The predicted octanol–water partition coefficient (Wildman–Crippen LogP) is 4.26. The molecule has 1 unspecified atom stereocenters. The zero-order chi connectivity index (χ0) is 14.2. The number of hydrogen-bond donors (Lipinski definition) is 1. The highest BCUT2D eigenvalue weighted by Gasteiger charge is 2.39. The van der Waals surface area contributed by atoms with E-state index in [1.807, 2.05) is 0 Å². The third kappa shape index (κ3) is 2.62. The summed E-state index contributed by atoms with van der Waals surface area (Å²) in [5.74, 6) is 0. The van der Waals surface area contributed by atoms with Crippen molar-refractivity contribution in [2.75, 3.05) is 18.0 Å². The van der Waals surface area contributed by atoms with Crippen molar-refractivity contribution in [1.29, 1.82) is 0 Å². The van der Waals surface area contributed by atoms with Gasteiger partial charge in [0, 0.05) is 29.1 Å². The zero-order valence-electron chi connectivity index (χ0n) is 12.6. The highest BCUT2D eigenvalue weighted by atomic mass is 79.9. The molecule has 0 amide bonds. The van der Waals surface area contributed by atoms with Crippen molar-refractivity contribution in [2.24, 2.45) is 0 Å². The van der Waals surface area contributed by atoms with Gasteiger partial charge in [0.15, 0.2) is 0 Å². The molecule has 110 valence electrons. The van der Waals surface area contributed by atoms with Gasteiger partial charge in [-0.05, 0) is 54.2 Å². The molecule has 2 fully saturated rings. The Kier molecular flexibility index (Phi) is 4.09. The van der Waals surface area contributed by atoms with Gasteiger partial charge in [0.05, 0.1) is 5.69 Å². The fourth-order valence-corrected chi connectivity index (χ4v) is 4.24. The molecule has 2 nitrogen and oxygen atoms in total. The number of nitrogens with zero attached hydrogens (tertiary/aromatic N) is 1. The lowest BCUT2D eigenvalue weighted by Gasteiger charge is -2.50. The van der Waals surface area contributed by atoms with Gasteiger partial charge in [0.2, 0.25) is 0 Å². The molecule has 20 heavy (non-hydrogen) atoms. The molecule has 1 heterocycles. The second-order valence-electron chi connectivity index (χ2n) is 6.61. The summed E-state index contributed by atoms with van der Waals surface area (Å²) in [5.41, 5.74) is 3.04. The monoisotopic (exact) mass is 336 g/mol. The molecule has 3 rings (SSSR count). The minimum absolute atomic E-state index is 0.355. The van der Waals surface area contributed by atoms with E-state index < -0.39 is 0 Å². The summed E-state index contributed by atoms with van der Waals surface area (Å²) in [5, 5.41) is 3.86. The van der Waals surface area contributed by atoms with E-state index in [2.05, 4.69) is 58.2 Å². The highest BCUT2D eigenvalue weighted by Crippen LogP contribution is 2.37. The Balaban J connectivity index is 1.88. The highest BCUT2D eigenvalue weighted by molar-refractivity contribution is 9.10. The van der Waals surface area contributed by atoms with Crippen LogP contribution in [0.25, 0.3) is 0 Å². The van der Waals surface area contributed by atoms with Gasteiger partial charge >= 0.3 is 0 Å². The van der Waals surface area contributed by atoms with Crippen LogP contribution in [0.4, 0.5) is 5.69 Å². The standard InChI is InChI=1S/C17H25BrN2/c1-13-7-6-8-15(16(13)18)20-12-17(19-11-14(20)2)9-4-3-5-10-17/h6-8,14,19H,3-5,9-12H2,1-2H3. The Hall–Kier alpha value is -0.540. The lowest BCUT2D eigenvalue weighted by Crippen LogP contribution is -2.64. The number of anilines is 1. The third-order valence-electron chi connectivity index (χ3n) is 5.07. The van der Waals surface area contributed by atoms with E-state index in [0.717, 1.165) is 13.1 Å². The lowest BCUT2D eigenvalue weighted by molar-refractivity contribution is 0.200. The number of piperazine rings is 1. The van der Waals surface area contributed by atoms with Crippen LogP contribution in [0.1, 0.15) is 44.6 Å². The van der Waals surface area contributed by atoms with Crippen LogP contribution in [-0.2, 0) is 0 Å². The van der Waals surface area contributed by atoms with E-state index >= 15 is 0 Å². The predicted molar refractivity (Wildman–Crippen MR) is 89.5 cm³/mol. The van der Waals surface area contributed by atoms with E-state index in [1.165, 1.54) is 47.8 Å². The van der Waals surface area contributed by atoms with Crippen molar-refractivity contribution >= 4 is 21.6 Å². The lowest BCUT2D eigenvalue weighted by atomic mass is 9.79. The Labute approximate surface area is 131 Å². The largest absolute Gasteiger partial charge is 0.365 e. The fourth-order valence-electron chi connectivity index (χ4n) is 3.75. The molecule has 1 saturated carbocycles. The van der Waals surface area contributed by atoms with Crippen molar-refractivity contribution in [3.05, 3.63) is 28.2 Å². The van der Waals surface area contributed by atoms with E-state index in [1.54, 1.807) is 0 Å². The first-order valence-corrected chi connectivity index (χ1v) is 8.67. The Morgan fingerprint density at radius 3 is 2.75 bits per heavy atom. The van der Waals surface area contributed by atoms with Gasteiger partial charge in [0.25, 0.3) is 0 Å². The topological polar surface area (TPSA) is 15.3 Å². The van der Waals surface area contributed by atoms with Crippen LogP contribution in [0.15, 0.2) is 22.7 Å². The number of nitrogens with one attached hydrogen (secondary N) is 1. The average Bonchev–Trinajstić information content (AvgIpc) is 2.46. The second-order valence-corrected chi connectivity index (χ2v) is 7.40. The van der Waals surface area contributed by atoms with Crippen molar-refractivity contribution in [3.8, 4) is 0 Å². The third-order valence-corrected chi connectivity index (χ3v) is 6.10. The molecular formula is C17H25BrN2. The smallest absolute Gasteiger partial charge is 0.0516 e. The van der Waals surface area contributed by atoms with Crippen LogP contribution < -0.4 is 10.2 Å². The first-order valence-electron chi connectivity index (χ1n) is 7.88. The molecule has 1 atom stereocenters. The Bertz CT molecular complexity index is 480. The van der Waals surface area contributed by atoms with E-state index in [-0.39, 0.29) is 0 Å². The van der Waals surface area contributed by atoms with Gasteiger partial charge in [-0.25, -0.2) is 0 Å². The SMILES string of the molecule is Cc1cccc(N2CC3(CCCCC3)NCC2C)c1Br. The Morgan fingerprint density at radius 2 is 2.00 bits per heavy atom. The molecule has 1 N–H and O–H groups in total. The summed E-state index contributed by atoms with van der Waals surface area (Å²) >= 11 is 3.79. The number of aryl methyl sites for hydroxylation is 1. The molecule has 3 heteroatoms. The molecule has 0 radical (unpaired) electrons. The average molecular weight is 337 g/mol. The van der Waals surface area contributed by atoms with Crippen LogP contribution >= 0.6 is 15.9 Å². The molecule has 0 bridgehead atoms. The van der Waals surface area contributed by atoms with E-state index in [4.69, 9.17) is 0 Å². The van der Waals surface area contributed by atoms with Crippen molar-refractivity contribution < 1.29 is 0 Å². The molecule has 0 aromatic heterocycles. The quantitative estimate of drug-likeness (QED) is 0.824. The minimum Gasteiger partial charge on any atom is -0.365 e. The normalized spacial score (nSPS) is 25.9. The molecule has 1 aliphatic carbocycles. The number of rotatable bonds is 1. The first-order chi connectivity index (χ1) is 9.61. The van der Waals surface area contributed by atoms with Gasteiger partial charge in [-0.3, -0.25) is 0 Å². The van der Waals surface area contributed by atoms with Crippen LogP contribution in [-0.4, -0.2) is 24.7 Å². The number of halogens is 1. The minimum atomic E-state index is 0.355. The van der Waals surface area contributed by atoms with Gasteiger partial charge in [-0.1, -0.05) is 31.4 Å². The van der Waals surface area contributed by atoms with Crippen LogP contribution in [0, 0.1) is 6.92 Å². The molecular weight excluding hydrogens is 312 g/mol. The van der Waals surface area contributed by atoms with Gasteiger partial charge in [-0.15, -0.1) is 0 Å².